The van der Waals surface area contributed by atoms with Gasteiger partial charge in [0.1, 0.15) is 5.70 Å². The summed E-state index contributed by atoms with van der Waals surface area (Å²) in [6.07, 6.45) is 0.815. The number of amides is 1. The Hall–Kier alpha value is -2.96. The predicted octanol–water partition coefficient (Wildman–Crippen LogP) is 1.39. The normalized spacial score (nSPS) is 12.0. The van der Waals surface area contributed by atoms with E-state index in [1.165, 1.54) is 0 Å². The molecule has 0 bridgehead atoms. The van der Waals surface area contributed by atoms with Crippen LogP contribution in [0.25, 0.3) is 16.8 Å². The van der Waals surface area contributed by atoms with E-state index in [9.17, 15) is 4.79 Å². The Bertz CT molecular complexity index is 771. The van der Waals surface area contributed by atoms with Gasteiger partial charge in [0.15, 0.2) is 0 Å². The first-order valence-electron chi connectivity index (χ1n) is 7.82. The van der Waals surface area contributed by atoms with Crippen LogP contribution in [0.3, 0.4) is 0 Å². The molecule has 2 aromatic rings. The molecule has 7 heteroatoms. The first-order chi connectivity index (χ1) is 11.4. The van der Waals surface area contributed by atoms with Crippen LogP contribution < -0.4 is 22.5 Å². The Morgan fingerprint density at radius 1 is 1.29 bits per heavy atom. The van der Waals surface area contributed by atoms with Crippen LogP contribution in [0.5, 0.6) is 0 Å². The second-order valence-corrected chi connectivity index (χ2v) is 5.66. The highest BCUT2D eigenvalue weighted by molar-refractivity contribution is 6.01. The van der Waals surface area contributed by atoms with Gasteiger partial charge in [-0.25, -0.2) is 0 Å². The Kier molecular flexibility index (Phi) is 5.13. The number of carbonyl (C=O) groups excluding carboxylic acids is 1. The Balaban J connectivity index is 2.50. The fraction of sp³-hybridized carbons (Fsp3) is 0.294. The minimum absolute atomic E-state index is 0.0343. The molecule has 0 spiro atoms. The highest BCUT2D eigenvalue weighted by Gasteiger charge is 2.17. The van der Waals surface area contributed by atoms with Crippen LogP contribution in [0, 0.1) is 13.8 Å². The van der Waals surface area contributed by atoms with Crippen LogP contribution >= 0.6 is 0 Å². The zero-order valence-electron chi connectivity index (χ0n) is 14.2. The first-order valence-corrected chi connectivity index (χ1v) is 7.82. The Morgan fingerprint density at radius 2 is 2.00 bits per heavy atom. The molecule has 0 aliphatic carbocycles. The molecule has 0 aliphatic heterocycles. The molecule has 0 unspecified atom stereocenters. The molecule has 0 aliphatic rings. The minimum Gasteiger partial charge on any atom is -0.398 e. The van der Waals surface area contributed by atoms with E-state index in [0.29, 0.717) is 17.8 Å². The summed E-state index contributed by atoms with van der Waals surface area (Å²) in [4.78, 5) is 12.0. The zero-order valence-corrected chi connectivity index (χ0v) is 14.2. The molecule has 1 heterocycles. The maximum Gasteiger partial charge on any atom is 0.269 e. The van der Waals surface area contributed by atoms with Gasteiger partial charge in [-0.05, 0) is 20.3 Å². The molecule has 24 heavy (non-hydrogen) atoms. The van der Waals surface area contributed by atoms with Crippen LogP contribution in [-0.4, -0.2) is 22.6 Å². The summed E-state index contributed by atoms with van der Waals surface area (Å²) in [5, 5.41) is 9.84. The number of nitrogens with two attached hydrogens (primary N) is 3. The number of aryl methyl sites for hydroxylation is 2. The highest BCUT2D eigenvalue weighted by Crippen LogP contribution is 2.34. The summed E-state index contributed by atoms with van der Waals surface area (Å²) >= 11 is 0. The van der Waals surface area contributed by atoms with E-state index in [-0.39, 0.29) is 11.4 Å². The molecule has 7 nitrogen and oxygen atoms in total. The number of benzene rings is 1. The molecular formula is C17H24N6O. The third-order valence-electron chi connectivity index (χ3n) is 3.86. The van der Waals surface area contributed by atoms with Crippen LogP contribution in [0.2, 0.25) is 0 Å². The lowest BCUT2D eigenvalue weighted by molar-refractivity contribution is -0.117. The number of aromatic nitrogens is 2. The zero-order chi connectivity index (χ0) is 17.9. The van der Waals surface area contributed by atoms with E-state index in [1.807, 2.05) is 32.9 Å². The van der Waals surface area contributed by atoms with Gasteiger partial charge in [0.25, 0.3) is 5.91 Å². The molecule has 0 saturated carbocycles. The summed E-state index contributed by atoms with van der Waals surface area (Å²) in [5.41, 5.74) is 22.9. The van der Waals surface area contributed by atoms with Crippen molar-refractivity contribution in [3.8, 4) is 11.1 Å². The van der Waals surface area contributed by atoms with Crippen LogP contribution in [0.1, 0.15) is 30.3 Å². The van der Waals surface area contributed by atoms with Crippen molar-refractivity contribution < 1.29 is 4.79 Å². The van der Waals surface area contributed by atoms with Crippen molar-refractivity contribution in [1.82, 2.24) is 15.5 Å². The summed E-state index contributed by atoms with van der Waals surface area (Å²) in [6, 6.07) is 5.47. The van der Waals surface area contributed by atoms with Crippen molar-refractivity contribution in [3.05, 3.63) is 40.8 Å². The number of aromatic amines is 1. The number of nitrogen functional groups attached to an aromatic ring is 1. The number of hydrogen-bond donors (Lipinski definition) is 5. The summed E-state index contributed by atoms with van der Waals surface area (Å²) in [6.45, 7) is 6.32. The van der Waals surface area contributed by atoms with E-state index in [1.54, 1.807) is 6.07 Å². The van der Waals surface area contributed by atoms with Gasteiger partial charge in [-0.3, -0.25) is 9.89 Å². The van der Waals surface area contributed by atoms with Crippen molar-refractivity contribution in [2.45, 2.75) is 27.2 Å². The SMILES string of the molecule is CCCNC(=O)/C(N)=C(\N)c1cccc(-c2c(C)n[nH]c2C)c1N. The molecular weight excluding hydrogens is 304 g/mol. The van der Waals surface area contributed by atoms with E-state index in [2.05, 4.69) is 15.5 Å². The molecule has 8 N–H and O–H groups in total. The van der Waals surface area contributed by atoms with Gasteiger partial charge in [-0.15, -0.1) is 0 Å². The van der Waals surface area contributed by atoms with Crippen molar-refractivity contribution >= 4 is 17.3 Å². The third kappa shape index (κ3) is 3.19. The fourth-order valence-electron chi connectivity index (χ4n) is 2.57. The number of rotatable bonds is 5. The van der Waals surface area contributed by atoms with Gasteiger partial charge in [-0.1, -0.05) is 25.1 Å². The second-order valence-electron chi connectivity index (χ2n) is 5.66. The number of para-hydroxylation sites is 1. The maximum absolute atomic E-state index is 12.0. The molecule has 128 valence electrons. The maximum atomic E-state index is 12.0. The topological polar surface area (TPSA) is 136 Å². The van der Waals surface area contributed by atoms with Crippen LogP contribution in [0.15, 0.2) is 23.9 Å². The van der Waals surface area contributed by atoms with Gasteiger partial charge in [0.05, 0.1) is 11.4 Å². The molecule has 1 amide bonds. The Morgan fingerprint density at radius 3 is 2.58 bits per heavy atom. The largest absolute Gasteiger partial charge is 0.398 e. The number of anilines is 1. The highest BCUT2D eigenvalue weighted by atomic mass is 16.2. The van der Waals surface area contributed by atoms with E-state index >= 15 is 0 Å². The molecule has 0 atom stereocenters. The number of carbonyl (C=O) groups is 1. The minimum atomic E-state index is -0.394. The van der Waals surface area contributed by atoms with Gasteiger partial charge in [0.2, 0.25) is 0 Å². The van der Waals surface area contributed by atoms with Crippen molar-refractivity contribution in [2.75, 3.05) is 12.3 Å². The lowest BCUT2D eigenvalue weighted by atomic mass is 9.97. The van der Waals surface area contributed by atoms with E-state index in [4.69, 9.17) is 17.2 Å². The van der Waals surface area contributed by atoms with Gasteiger partial charge in [0, 0.05) is 34.6 Å². The second kappa shape index (κ2) is 7.08. The van der Waals surface area contributed by atoms with Gasteiger partial charge in [-0.2, -0.15) is 5.10 Å². The van der Waals surface area contributed by atoms with Gasteiger partial charge < -0.3 is 22.5 Å². The third-order valence-corrected chi connectivity index (χ3v) is 3.86. The number of nitrogens with zero attached hydrogens (tertiary/aromatic N) is 1. The number of nitrogens with one attached hydrogen (secondary N) is 2. The van der Waals surface area contributed by atoms with Crippen molar-refractivity contribution in [2.24, 2.45) is 11.5 Å². The predicted molar refractivity (Wildman–Crippen MR) is 96.5 cm³/mol. The lowest BCUT2D eigenvalue weighted by Crippen LogP contribution is -2.31. The first kappa shape index (κ1) is 17.4. The average molecular weight is 328 g/mol. The molecule has 1 aromatic carbocycles. The van der Waals surface area contributed by atoms with Gasteiger partial charge >= 0.3 is 0 Å². The average Bonchev–Trinajstić information content (AvgIpc) is 2.90. The number of hydrogen-bond acceptors (Lipinski definition) is 5. The van der Waals surface area contributed by atoms with E-state index < -0.39 is 5.91 Å². The molecule has 0 radical (unpaired) electrons. The Labute approximate surface area is 141 Å². The monoisotopic (exact) mass is 328 g/mol. The number of H-pyrrole nitrogens is 1. The quantitative estimate of drug-likeness (QED) is 0.417. The standard InChI is InChI=1S/C17H24N6O/c1-4-8-21-17(24)16(20)15(19)12-7-5-6-11(14(12)18)13-9(2)22-23-10(13)3/h5-7H,4,8,18-20H2,1-3H3,(H,21,24)(H,22,23)/b16-15+. The smallest absolute Gasteiger partial charge is 0.269 e. The van der Waals surface area contributed by atoms with Crippen LogP contribution in [0.4, 0.5) is 5.69 Å². The lowest BCUT2D eigenvalue weighted by Gasteiger charge is -2.14. The molecule has 1 aromatic heterocycles. The van der Waals surface area contributed by atoms with Crippen LogP contribution in [-0.2, 0) is 4.79 Å². The fourth-order valence-corrected chi connectivity index (χ4v) is 2.57. The summed E-state index contributed by atoms with van der Waals surface area (Å²) < 4.78 is 0. The molecule has 2 rings (SSSR count). The van der Waals surface area contributed by atoms with E-state index in [0.717, 1.165) is 28.9 Å². The summed E-state index contributed by atoms with van der Waals surface area (Å²) in [7, 11) is 0. The van der Waals surface area contributed by atoms with Crippen molar-refractivity contribution in [3.63, 3.8) is 0 Å². The van der Waals surface area contributed by atoms with Crippen molar-refractivity contribution in [1.29, 1.82) is 0 Å². The molecule has 0 fully saturated rings. The summed E-state index contributed by atoms with van der Waals surface area (Å²) in [5.74, 6) is -0.394. The molecule has 0 saturated heterocycles.